The Balaban J connectivity index is 1.01. The predicted octanol–water partition coefficient (Wildman–Crippen LogP) is 8.26. The van der Waals surface area contributed by atoms with Crippen LogP contribution in [0.3, 0.4) is 0 Å². The number of imidazole rings is 1. The van der Waals surface area contributed by atoms with Crippen LogP contribution in [0.15, 0.2) is 84.2 Å². The number of ether oxygens (including phenoxy) is 1. The highest BCUT2D eigenvalue weighted by atomic mass is 32.1. The van der Waals surface area contributed by atoms with Crippen LogP contribution in [0.2, 0.25) is 0 Å². The largest absolute Gasteiger partial charge is 0.381 e. The van der Waals surface area contributed by atoms with Crippen LogP contribution in [-0.4, -0.2) is 64.5 Å². The van der Waals surface area contributed by atoms with Crippen LogP contribution in [0.1, 0.15) is 70.3 Å². The number of allylic oxidation sites excluding steroid dienone is 4. The lowest BCUT2D eigenvalue weighted by Crippen LogP contribution is -2.59. The Bertz CT molecular complexity index is 2180. The third-order valence-electron chi connectivity index (χ3n) is 10.3. The minimum Gasteiger partial charge on any atom is -0.381 e. The van der Waals surface area contributed by atoms with Crippen molar-refractivity contribution in [2.75, 3.05) is 43.1 Å². The first-order valence-corrected chi connectivity index (χ1v) is 18.4. The topological polar surface area (TPSA) is 103 Å². The van der Waals surface area contributed by atoms with Crippen LogP contribution >= 0.6 is 11.3 Å². The fourth-order valence-electron chi connectivity index (χ4n) is 7.52. The third kappa shape index (κ3) is 6.38. The number of rotatable bonds is 6. The summed E-state index contributed by atoms with van der Waals surface area (Å²) in [5, 5.41) is 3.05. The number of para-hydroxylation sites is 2. The Labute approximate surface area is 302 Å². The van der Waals surface area contributed by atoms with E-state index in [1.165, 1.54) is 10.4 Å². The minimum atomic E-state index is -0.209. The molecule has 2 amide bonds. The number of aromatic nitrogens is 3. The Morgan fingerprint density at radius 1 is 1.02 bits per heavy atom. The van der Waals surface area contributed by atoms with Crippen molar-refractivity contribution in [3.63, 3.8) is 0 Å². The predicted molar refractivity (Wildman–Crippen MR) is 204 cm³/mol. The highest BCUT2D eigenvalue weighted by Crippen LogP contribution is 2.43. The van der Waals surface area contributed by atoms with E-state index in [4.69, 9.17) is 9.72 Å². The van der Waals surface area contributed by atoms with Crippen molar-refractivity contribution in [3.05, 3.63) is 111 Å². The summed E-state index contributed by atoms with van der Waals surface area (Å²) in [6, 6.07) is 19.4. The average molecular weight is 699 g/mol. The van der Waals surface area contributed by atoms with E-state index in [1.54, 1.807) is 35.6 Å². The number of amides is 2. The van der Waals surface area contributed by atoms with E-state index in [9.17, 15) is 9.59 Å². The number of hydrogen-bond donors (Lipinski definition) is 2. The van der Waals surface area contributed by atoms with Crippen LogP contribution in [0.4, 0.5) is 11.5 Å². The Kier molecular flexibility index (Phi) is 8.60. The van der Waals surface area contributed by atoms with E-state index in [0.717, 1.165) is 95.5 Å². The zero-order chi connectivity index (χ0) is 35.3. The van der Waals surface area contributed by atoms with Gasteiger partial charge in [0.1, 0.15) is 11.6 Å². The molecule has 1 spiro atoms. The molecule has 0 bridgehead atoms. The van der Waals surface area contributed by atoms with Crippen LogP contribution in [-0.2, 0) is 11.2 Å². The van der Waals surface area contributed by atoms with Gasteiger partial charge in [-0.05, 0) is 107 Å². The van der Waals surface area contributed by atoms with E-state index in [-0.39, 0.29) is 17.2 Å². The van der Waals surface area contributed by atoms with Gasteiger partial charge in [0.05, 0.1) is 21.5 Å². The van der Waals surface area contributed by atoms with Gasteiger partial charge in [0, 0.05) is 71.9 Å². The van der Waals surface area contributed by atoms with Crippen LogP contribution in [0.5, 0.6) is 0 Å². The monoisotopic (exact) mass is 698 g/mol. The van der Waals surface area contributed by atoms with Gasteiger partial charge in [0.2, 0.25) is 0 Å². The number of fused-ring (bicyclic) bond motifs is 2. The number of aryl methyl sites for hydroxylation is 1. The molecule has 10 heteroatoms. The maximum Gasteiger partial charge on any atom is 0.259 e. The molecular formula is C41H42N6O3S. The summed E-state index contributed by atoms with van der Waals surface area (Å²) in [6.45, 7) is 12.1. The van der Waals surface area contributed by atoms with Crippen LogP contribution < -0.4 is 10.2 Å². The normalized spacial score (nSPS) is 16.9. The Hall–Kier alpha value is -5.06. The molecule has 6 heterocycles. The second-order valence-corrected chi connectivity index (χ2v) is 15.4. The number of nitrogens with one attached hydrogen (secondary N) is 2. The molecule has 8 rings (SSSR count). The van der Waals surface area contributed by atoms with Gasteiger partial charge in [0.25, 0.3) is 11.8 Å². The SMILES string of the molecule is CC(C)=CC1=C(C)N(C(=O)c2ccc(NC(=O)c3cc(C)cnc3N3CC4(CCOCC4)C3)cc2)CCc2cc(-c3nc4ccccc4[nH]3)sc21. The van der Waals surface area contributed by atoms with Crippen molar-refractivity contribution < 1.29 is 14.3 Å². The van der Waals surface area contributed by atoms with Gasteiger partial charge in [0.15, 0.2) is 0 Å². The summed E-state index contributed by atoms with van der Waals surface area (Å²) in [5.41, 5.74) is 9.25. The van der Waals surface area contributed by atoms with Gasteiger partial charge in [-0.3, -0.25) is 9.59 Å². The quantitative estimate of drug-likeness (QED) is 0.185. The van der Waals surface area contributed by atoms with Crippen molar-refractivity contribution >= 4 is 51.3 Å². The molecule has 0 saturated carbocycles. The van der Waals surface area contributed by atoms with E-state index in [0.29, 0.717) is 23.4 Å². The molecule has 260 valence electrons. The molecule has 2 saturated heterocycles. The standard InChI is InChI=1S/C41H42N6O3S/c1-25(2)19-31-27(4)47(16-13-29-21-35(51-36(29)31)37-44-33-7-5-6-8-34(33)45-37)40(49)28-9-11-30(12-10-28)43-39(48)32-20-26(3)22-42-38(32)46-23-41(24-46)14-17-50-18-15-41/h5-12,19-22H,13-18,23-24H2,1-4H3,(H,43,48)(H,44,45). The van der Waals surface area contributed by atoms with Gasteiger partial charge in [-0.25, -0.2) is 9.97 Å². The molecule has 3 aromatic heterocycles. The van der Waals surface area contributed by atoms with Gasteiger partial charge >= 0.3 is 0 Å². The zero-order valence-electron chi connectivity index (χ0n) is 29.5. The number of hydrogen-bond acceptors (Lipinski definition) is 7. The molecule has 2 aromatic carbocycles. The Morgan fingerprint density at radius 2 is 1.78 bits per heavy atom. The van der Waals surface area contributed by atoms with Crippen LogP contribution in [0.25, 0.3) is 27.3 Å². The minimum absolute atomic E-state index is 0.0670. The number of benzene rings is 2. The number of aromatic amines is 1. The third-order valence-corrected chi connectivity index (χ3v) is 11.5. The molecule has 2 N–H and O–H groups in total. The van der Waals surface area contributed by atoms with Crippen molar-refractivity contribution in [2.45, 2.75) is 47.0 Å². The highest BCUT2D eigenvalue weighted by molar-refractivity contribution is 7.16. The van der Waals surface area contributed by atoms with E-state index in [2.05, 4.69) is 46.2 Å². The molecule has 9 nitrogen and oxygen atoms in total. The van der Waals surface area contributed by atoms with Crippen molar-refractivity contribution in [3.8, 4) is 10.7 Å². The van der Waals surface area contributed by atoms with Gasteiger partial charge in [-0.1, -0.05) is 23.8 Å². The number of H-pyrrole nitrogens is 1. The summed E-state index contributed by atoms with van der Waals surface area (Å²) >= 11 is 1.71. The number of carbonyl (C=O) groups is 2. The lowest BCUT2D eigenvalue weighted by Gasteiger charge is -2.53. The molecule has 0 unspecified atom stereocenters. The molecule has 3 aliphatic rings. The number of thiophene rings is 1. The van der Waals surface area contributed by atoms with Crippen molar-refractivity contribution in [1.82, 2.24) is 19.9 Å². The number of pyridine rings is 1. The lowest BCUT2D eigenvalue weighted by molar-refractivity contribution is -0.000510. The molecule has 0 radical (unpaired) electrons. The maximum absolute atomic E-state index is 14.1. The first-order chi connectivity index (χ1) is 24.7. The van der Waals surface area contributed by atoms with Crippen molar-refractivity contribution in [2.24, 2.45) is 5.41 Å². The fourth-order valence-corrected chi connectivity index (χ4v) is 8.74. The van der Waals surface area contributed by atoms with Crippen molar-refractivity contribution in [1.29, 1.82) is 0 Å². The fraction of sp³-hybridized carbons (Fsp3) is 0.317. The molecular weight excluding hydrogens is 657 g/mol. The first kappa shape index (κ1) is 33.1. The lowest BCUT2D eigenvalue weighted by atomic mass is 9.73. The van der Waals surface area contributed by atoms with E-state index >= 15 is 0 Å². The zero-order valence-corrected chi connectivity index (χ0v) is 30.3. The molecule has 3 aliphatic heterocycles. The highest BCUT2D eigenvalue weighted by Gasteiger charge is 2.45. The molecule has 2 fully saturated rings. The second kappa shape index (κ2) is 13.2. The number of anilines is 2. The molecule has 5 aromatic rings. The number of carbonyl (C=O) groups excluding carboxylic acids is 2. The first-order valence-electron chi connectivity index (χ1n) is 17.6. The summed E-state index contributed by atoms with van der Waals surface area (Å²) in [7, 11) is 0. The molecule has 0 aliphatic carbocycles. The summed E-state index contributed by atoms with van der Waals surface area (Å²) in [5.74, 6) is 1.31. The molecule has 51 heavy (non-hydrogen) atoms. The van der Waals surface area contributed by atoms with Crippen LogP contribution in [0, 0.1) is 12.3 Å². The van der Waals surface area contributed by atoms with E-state index < -0.39 is 0 Å². The summed E-state index contributed by atoms with van der Waals surface area (Å²) in [6.07, 6.45) is 6.81. The summed E-state index contributed by atoms with van der Waals surface area (Å²) < 4.78 is 5.58. The molecule has 0 atom stereocenters. The Morgan fingerprint density at radius 3 is 2.53 bits per heavy atom. The van der Waals surface area contributed by atoms with E-state index in [1.807, 2.05) is 55.3 Å². The van der Waals surface area contributed by atoms with Gasteiger partial charge in [-0.15, -0.1) is 11.3 Å². The van der Waals surface area contributed by atoms with Gasteiger partial charge in [-0.2, -0.15) is 0 Å². The smallest absolute Gasteiger partial charge is 0.259 e. The second-order valence-electron chi connectivity index (χ2n) is 14.4. The number of nitrogens with zero attached hydrogens (tertiary/aromatic N) is 4. The average Bonchev–Trinajstić information content (AvgIpc) is 3.72. The summed E-state index contributed by atoms with van der Waals surface area (Å²) in [4.78, 5) is 47.1. The van der Waals surface area contributed by atoms with Gasteiger partial charge < -0.3 is 24.8 Å². The maximum atomic E-state index is 14.1.